The molecule has 39 heavy (non-hydrogen) atoms. The summed E-state index contributed by atoms with van der Waals surface area (Å²) in [6, 6.07) is 12.0. The van der Waals surface area contributed by atoms with Gasteiger partial charge in [-0.3, -0.25) is 10.1 Å². The lowest BCUT2D eigenvalue weighted by Gasteiger charge is -2.34. The van der Waals surface area contributed by atoms with E-state index in [1.807, 2.05) is 11.9 Å². The van der Waals surface area contributed by atoms with Crippen LogP contribution in [0.1, 0.15) is 11.6 Å². The van der Waals surface area contributed by atoms with Crippen molar-refractivity contribution in [2.24, 2.45) is 0 Å². The van der Waals surface area contributed by atoms with Crippen molar-refractivity contribution in [2.75, 3.05) is 49.7 Å². The predicted molar refractivity (Wildman–Crippen MR) is 146 cm³/mol. The van der Waals surface area contributed by atoms with Crippen LogP contribution in [0.3, 0.4) is 0 Å². The SMILES string of the molecule is CN1CCN(c2cc3c(Nc4ccc(S(C)(=O)=O)cc4)nc(/C=C/c4ccc([N+](=O)[O-])o4)nc3cc2F)CC1. The van der Waals surface area contributed by atoms with Gasteiger partial charge in [-0.15, -0.1) is 0 Å². The maximum Gasteiger partial charge on any atom is 0.433 e. The van der Waals surface area contributed by atoms with E-state index in [9.17, 15) is 18.5 Å². The first-order valence-corrected chi connectivity index (χ1v) is 13.9. The molecule has 0 saturated carbocycles. The molecule has 0 atom stereocenters. The van der Waals surface area contributed by atoms with Crippen LogP contribution in [0, 0.1) is 15.9 Å². The molecule has 202 valence electrons. The van der Waals surface area contributed by atoms with E-state index in [0.717, 1.165) is 19.3 Å². The number of nitro groups is 1. The topological polar surface area (TPSA) is 135 Å². The molecule has 1 saturated heterocycles. The van der Waals surface area contributed by atoms with Gasteiger partial charge in [-0.2, -0.15) is 0 Å². The molecule has 1 fully saturated rings. The summed E-state index contributed by atoms with van der Waals surface area (Å²) < 4.78 is 44.1. The first kappa shape index (κ1) is 26.3. The molecule has 2 aromatic heterocycles. The number of furan rings is 1. The van der Waals surface area contributed by atoms with E-state index >= 15 is 4.39 Å². The highest BCUT2D eigenvalue weighted by molar-refractivity contribution is 7.90. The van der Waals surface area contributed by atoms with Gasteiger partial charge >= 0.3 is 5.88 Å². The highest BCUT2D eigenvalue weighted by Gasteiger charge is 2.20. The van der Waals surface area contributed by atoms with E-state index in [1.54, 1.807) is 18.2 Å². The lowest BCUT2D eigenvalue weighted by Crippen LogP contribution is -2.44. The number of likely N-dealkylation sites (N-methyl/N-ethyl adjacent to an activating group) is 1. The molecule has 2 aromatic carbocycles. The second-order valence-corrected chi connectivity index (χ2v) is 11.2. The first-order chi connectivity index (χ1) is 18.6. The molecule has 0 radical (unpaired) electrons. The minimum absolute atomic E-state index is 0.177. The summed E-state index contributed by atoms with van der Waals surface area (Å²) >= 11 is 0. The fourth-order valence-corrected chi connectivity index (χ4v) is 4.86. The third-order valence-corrected chi connectivity index (χ3v) is 7.49. The molecule has 4 aromatic rings. The van der Waals surface area contributed by atoms with Crippen molar-refractivity contribution in [3.8, 4) is 0 Å². The lowest BCUT2D eigenvalue weighted by atomic mass is 10.1. The van der Waals surface area contributed by atoms with Crippen LogP contribution in [0.5, 0.6) is 0 Å². The van der Waals surface area contributed by atoms with Gasteiger partial charge in [0.2, 0.25) is 0 Å². The van der Waals surface area contributed by atoms with Gasteiger partial charge in [0.15, 0.2) is 15.7 Å². The zero-order valence-corrected chi connectivity index (χ0v) is 22.0. The summed E-state index contributed by atoms with van der Waals surface area (Å²) in [6.45, 7) is 2.96. The van der Waals surface area contributed by atoms with Crippen molar-refractivity contribution in [1.82, 2.24) is 14.9 Å². The Bertz CT molecular complexity index is 1680. The smallest absolute Gasteiger partial charge is 0.401 e. The summed E-state index contributed by atoms with van der Waals surface area (Å²) in [4.78, 5) is 23.7. The summed E-state index contributed by atoms with van der Waals surface area (Å²) in [5.74, 6) is 0.0160. The number of anilines is 3. The normalized spacial score (nSPS) is 14.8. The Morgan fingerprint density at radius 2 is 1.77 bits per heavy atom. The minimum Gasteiger partial charge on any atom is -0.401 e. The van der Waals surface area contributed by atoms with Crippen LogP contribution in [-0.4, -0.2) is 67.7 Å². The van der Waals surface area contributed by atoms with Gasteiger partial charge in [0, 0.05) is 49.6 Å². The Kier molecular flexibility index (Phi) is 7.02. The maximum atomic E-state index is 15.3. The standard InChI is InChI=1S/C26H25FN6O5S/c1-31-11-13-32(14-12-31)23-15-20-22(16-21(23)27)29-24(9-5-18-6-10-25(38-18)33(34)35)30-26(20)28-17-3-7-19(8-4-17)39(2,36)37/h3-10,15-16H,11-14H2,1-2H3,(H,28,29,30)/b9-5+. The monoisotopic (exact) mass is 552 g/mol. The third kappa shape index (κ3) is 5.89. The molecule has 5 rings (SSSR count). The van der Waals surface area contributed by atoms with Crippen LogP contribution in [0.25, 0.3) is 23.1 Å². The van der Waals surface area contributed by atoms with E-state index in [0.29, 0.717) is 41.2 Å². The summed E-state index contributed by atoms with van der Waals surface area (Å²) in [5.41, 5.74) is 1.37. The summed E-state index contributed by atoms with van der Waals surface area (Å²) in [7, 11) is -1.34. The number of nitrogens with zero attached hydrogens (tertiary/aromatic N) is 5. The molecule has 0 aliphatic carbocycles. The summed E-state index contributed by atoms with van der Waals surface area (Å²) in [5, 5.41) is 14.7. The van der Waals surface area contributed by atoms with Crippen LogP contribution in [0.2, 0.25) is 0 Å². The minimum atomic E-state index is -3.36. The van der Waals surface area contributed by atoms with Crippen molar-refractivity contribution in [3.63, 3.8) is 0 Å². The van der Waals surface area contributed by atoms with Gasteiger partial charge in [-0.1, -0.05) is 0 Å². The van der Waals surface area contributed by atoms with Crippen molar-refractivity contribution < 1.29 is 22.1 Å². The number of nitrogens with one attached hydrogen (secondary N) is 1. The number of fused-ring (bicyclic) bond motifs is 1. The zero-order chi connectivity index (χ0) is 27.7. The molecule has 0 spiro atoms. The van der Waals surface area contributed by atoms with Crippen molar-refractivity contribution in [3.05, 3.63) is 76.0 Å². The largest absolute Gasteiger partial charge is 0.433 e. The number of hydrogen-bond acceptors (Lipinski definition) is 10. The molecule has 13 heteroatoms. The molecule has 11 nitrogen and oxygen atoms in total. The zero-order valence-electron chi connectivity index (χ0n) is 21.2. The van der Waals surface area contributed by atoms with Crippen LogP contribution in [0.15, 0.2) is 57.8 Å². The van der Waals surface area contributed by atoms with E-state index in [2.05, 4.69) is 20.2 Å². The third-order valence-electron chi connectivity index (χ3n) is 6.36. The molecule has 3 heterocycles. The number of rotatable bonds is 7. The molecular formula is C26H25FN6O5S. The van der Waals surface area contributed by atoms with Gasteiger partial charge in [-0.05, 0) is 55.6 Å². The van der Waals surface area contributed by atoms with Crippen molar-refractivity contribution in [2.45, 2.75) is 4.90 Å². The predicted octanol–water partition coefficient (Wildman–Crippen LogP) is 4.34. The molecular weight excluding hydrogens is 527 g/mol. The molecule has 1 aliphatic rings. The second-order valence-electron chi connectivity index (χ2n) is 9.23. The van der Waals surface area contributed by atoms with E-state index in [4.69, 9.17) is 4.42 Å². The molecule has 1 aliphatic heterocycles. The Hall–Kier alpha value is -4.36. The fraction of sp³-hybridized carbons (Fsp3) is 0.231. The van der Waals surface area contributed by atoms with Gasteiger partial charge < -0.3 is 19.5 Å². The van der Waals surface area contributed by atoms with Crippen LogP contribution in [0.4, 0.5) is 27.5 Å². The van der Waals surface area contributed by atoms with E-state index < -0.39 is 26.5 Å². The van der Waals surface area contributed by atoms with Crippen LogP contribution in [-0.2, 0) is 9.84 Å². The fourth-order valence-electron chi connectivity index (χ4n) is 4.22. The van der Waals surface area contributed by atoms with Gasteiger partial charge in [0.05, 0.1) is 22.2 Å². The van der Waals surface area contributed by atoms with Crippen molar-refractivity contribution >= 4 is 56.0 Å². The second kappa shape index (κ2) is 10.4. The number of hydrogen-bond donors (Lipinski definition) is 1. The van der Waals surface area contributed by atoms with Crippen LogP contribution >= 0.6 is 0 Å². The number of aromatic nitrogens is 2. The Morgan fingerprint density at radius 3 is 2.41 bits per heavy atom. The van der Waals surface area contributed by atoms with Gasteiger partial charge in [0.25, 0.3) is 0 Å². The van der Waals surface area contributed by atoms with Crippen molar-refractivity contribution in [1.29, 1.82) is 0 Å². The number of sulfone groups is 1. The molecule has 0 unspecified atom stereocenters. The number of piperazine rings is 1. The first-order valence-electron chi connectivity index (χ1n) is 12.0. The van der Waals surface area contributed by atoms with Gasteiger partial charge in [-0.25, -0.2) is 22.8 Å². The molecule has 0 amide bonds. The number of halogens is 1. The summed E-state index contributed by atoms with van der Waals surface area (Å²) in [6.07, 6.45) is 4.12. The Morgan fingerprint density at radius 1 is 1.05 bits per heavy atom. The maximum absolute atomic E-state index is 15.3. The van der Waals surface area contributed by atoms with Crippen LogP contribution < -0.4 is 10.2 Å². The van der Waals surface area contributed by atoms with E-state index in [1.165, 1.54) is 42.5 Å². The molecule has 1 N–H and O–H groups in total. The average Bonchev–Trinajstić information content (AvgIpc) is 3.37. The Balaban J connectivity index is 1.56. The lowest BCUT2D eigenvalue weighted by molar-refractivity contribution is -0.402. The highest BCUT2D eigenvalue weighted by Crippen LogP contribution is 2.32. The molecule has 0 bridgehead atoms. The van der Waals surface area contributed by atoms with Gasteiger partial charge in [0.1, 0.15) is 22.3 Å². The van der Waals surface area contributed by atoms with E-state index in [-0.39, 0.29) is 16.5 Å². The number of benzene rings is 2. The average molecular weight is 553 g/mol. The highest BCUT2D eigenvalue weighted by atomic mass is 32.2. The Labute approximate surface area is 223 Å². The quantitative estimate of drug-likeness (QED) is 0.261.